The Bertz CT molecular complexity index is 472. The molecule has 0 saturated carbocycles. The van der Waals surface area contributed by atoms with Crippen LogP contribution in [-0.4, -0.2) is 12.6 Å². The molecule has 0 unspecified atom stereocenters. The van der Waals surface area contributed by atoms with Gasteiger partial charge in [0.1, 0.15) is 0 Å². The van der Waals surface area contributed by atoms with Crippen LogP contribution < -0.4 is 5.73 Å². The Hall–Kier alpha value is -1.72. The first-order valence-electron chi connectivity index (χ1n) is 7.00. The molecule has 118 valence electrons. The zero-order valence-corrected chi connectivity index (χ0v) is 12.0. The molecular weight excluding hydrogens is 283 g/mol. The molecule has 0 bridgehead atoms. The Labute approximate surface area is 122 Å². The molecule has 21 heavy (non-hydrogen) atoms. The second-order valence-corrected chi connectivity index (χ2v) is 4.85. The molecule has 0 heterocycles. The van der Waals surface area contributed by atoms with Crippen LogP contribution >= 0.6 is 0 Å². The first-order valence-corrected chi connectivity index (χ1v) is 7.00. The molecule has 1 aromatic rings. The van der Waals surface area contributed by atoms with Crippen molar-refractivity contribution in [2.24, 2.45) is 0 Å². The number of halogens is 3. The minimum atomic E-state index is -4.51. The lowest BCUT2D eigenvalue weighted by atomic mass is 10.1. The number of unbranched alkanes of at least 4 members (excludes halogenated alkanes) is 4. The summed E-state index contributed by atoms with van der Waals surface area (Å²) in [5.74, 6) is -0.811. The normalized spacial score (nSPS) is 11.4. The summed E-state index contributed by atoms with van der Waals surface area (Å²) in [6.07, 6.45) is 0.404. The van der Waals surface area contributed by atoms with Gasteiger partial charge in [-0.3, -0.25) is 0 Å². The van der Waals surface area contributed by atoms with Crippen LogP contribution in [0.5, 0.6) is 0 Å². The molecule has 1 aromatic carbocycles. The van der Waals surface area contributed by atoms with Crippen molar-refractivity contribution >= 4 is 11.7 Å². The second kappa shape index (κ2) is 7.90. The SMILES string of the molecule is CCCCCCCOC(=O)c1cc(C(F)(F)F)ccc1N. The van der Waals surface area contributed by atoms with Crippen LogP contribution in [0.4, 0.5) is 18.9 Å². The highest BCUT2D eigenvalue weighted by Crippen LogP contribution is 2.31. The highest BCUT2D eigenvalue weighted by molar-refractivity contribution is 5.95. The number of hydrogen-bond donors (Lipinski definition) is 1. The van der Waals surface area contributed by atoms with Crippen molar-refractivity contribution in [2.75, 3.05) is 12.3 Å². The topological polar surface area (TPSA) is 52.3 Å². The van der Waals surface area contributed by atoms with Crippen LogP contribution in [0.25, 0.3) is 0 Å². The minimum absolute atomic E-state index is 0.0148. The predicted octanol–water partition coefficient (Wildman–Crippen LogP) is 4.41. The van der Waals surface area contributed by atoms with E-state index in [1.54, 1.807) is 0 Å². The number of anilines is 1. The number of esters is 1. The summed E-state index contributed by atoms with van der Waals surface area (Å²) in [6, 6.07) is 2.65. The van der Waals surface area contributed by atoms with E-state index in [0.29, 0.717) is 6.42 Å². The largest absolute Gasteiger partial charge is 0.462 e. The fourth-order valence-corrected chi connectivity index (χ4v) is 1.86. The highest BCUT2D eigenvalue weighted by atomic mass is 19.4. The van der Waals surface area contributed by atoms with Crippen LogP contribution in [0, 0.1) is 0 Å². The van der Waals surface area contributed by atoms with Gasteiger partial charge in [0.05, 0.1) is 17.7 Å². The molecule has 0 aliphatic carbocycles. The number of carbonyl (C=O) groups excluding carboxylic acids is 1. The van der Waals surface area contributed by atoms with E-state index in [0.717, 1.165) is 43.9 Å². The van der Waals surface area contributed by atoms with Gasteiger partial charge in [0.15, 0.2) is 0 Å². The van der Waals surface area contributed by atoms with Gasteiger partial charge in [-0.1, -0.05) is 32.6 Å². The van der Waals surface area contributed by atoms with Crippen LogP contribution in [0.15, 0.2) is 18.2 Å². The van der Waals surface area contributed by atoms with Crippen molar-refractivity contribution in [3.63, 3.8) is 0 Å². The van der Waals surface area contributed by atoms with Crippen molar-refractivity contribution in [1.29, 1.82) is 0 Å². The Morgan fingerprint density at radius 3 is 2.48 bits per heavy atom. The Morgan fingerprint density at radius 1 is 1.19 bits per heavy atom. The van der Waals surface area contributed by atoms with Gasteiger partial charge in [-0.05, 0) is 24.6 Å². The van der Waals surface area contributed by atoms with Crippen molar-refractivity contribution < 1.29 is 22.7 Å². The molecule has 0 fully saturated rings. The molecular formula is C15H20F3NO2. The van der Waals surface area contributed by atoms with Gasteiger partial charge < -0.3 is 10.5 Å². The third-order valence-corrected chi connectivity index (χ3v) is 3.08. The smallest absolute Gasteiger partial charge is 0.416 e. The van der Waals surface area contributed by atoms with Gasteiger partial charge in [0.2, 0.25) is 0 Å². The zero-order valence-electron chi connectivity index (χ0n) is 12.0. The Balaban J connectivity index is 2.57. The van der Waals surface area contributed by atoms with Crippen molar-refractivity contribution in [3.8, 4) is 0 Å². The fraction of sp³-hybridized carbons (Fsp3) is 0.533. The summed E-state index contributed by atoms with van der Waals surface area (Å²) in [6.45, 7) is 2.29. The van der Waals surface area contributed by atoms with E-state index in [4.69, 9.17) is 10.5 Å². The summed E-state index contributed by atoms with van der Waals surface area (Å²) in [4.78, 5) is 11.8. The zero-order chi connectivity index (χ0) is 15.9. The summed E-state index contributed by atoms with van der Waals surface area (Å²) in [7, 11) is 0. The van der Waals surface area contributed by atoms with Crippen LogP contribution in [0.2, 0.25) is 0 Å². The number of nitrogen functional groups attached to an aromatic ring is 1. The molecule has 0 radical (unpaired) electrons. The molecule has 0 aliphatic heterocycles. The third-order valence-electron chi connectivity index (χ3n) is 3.08. The second-order valence-electron chi connectivity index (χ2n) is 4.85. The lowest BCUT2D eigenvalue weighted by Gasteiger charge is -2.11. The van der Waals surface area contributed by atoms with Gasteiger partial charge >= 0.3 is 12.1 Å². The Morgan fingerprint density at radius 2 is 1.86 bits per heavy atom. The van der Waals surface area contributed by atoms with Gasteiger partial charge in [-0.15, -0.1) is 0 Å². The number of benzene rings is 1. The molecule has 0 amide bonds. The lowest BCUT2D eigenvalue weighted by Crippen LogP contribution is -2.12. The van der Waals surface area contributed by atoms with E-state index >= 15 is 0 Å². The standard InChI is InChI=1S/C15H20F3NO2/c1-2-3-4-5-6-9-21-14(20)12-10-11(15(16,17)18)7-8-13(12)19/h7-8,10H,2-6,9,19H2,1H3. The molecule has 0 saturated heterocycles. The van der Waals surface area contributed by atoms with Crippen LogP contribution in [0.3, 0.4) is 0 Å². The number of alkyl halides is 3. The van der Waals surface area contributed by atoms with E-state index in [9.17, 15) is 18.0 Å². The average molecular weight is 303 g/mol. The molecule has 3 nitrogen and oxygen atoms in total. The monoisotopic (exact) mass is 303 g/mol. The fourth-order valence-electron chi connectivity index (χ4n) is 1.86. The molecule has 0 atom stereocenters. The number of rotatable bonds is 7. The van der Waals surface area contributed by atoms with Crippen molar-refractivity contribution in [1.82, 2.24) is 0 Å². The average Bonchev–Trinajstić information content (AvgIpc) is 2.41. The summed E-state index contributed by atoms with van der Waals surface area (Å²) < 4.78 is 42.8. The number of hydrogen-bond acceptors (Lipinski definition) is 3. The van der Waals surface area contributed by atoms with Crippen LogP contribution in [0.1, 0.15) is 54.9 Å². The van der Waals surface area contributed by atoms with Crippen molar-refractivity contribution in [3.05, 3.63) is 29.3 Å². The summed E-state index contributed by atoms with van der Waals surface area (Å²) >= 11 is 0. The maximum Gasteiger partial charge on any atom is 0.416 e. The van der Waals surface area contributed by atoms with E-state index in [2.05, 4.69) is 6.92 Å². The third kappa shape index (κ3) is 5.65. The summed E-state index contributed by atoms with van der Waals surface area (Å²) in [5, 5.41) is 0. The van der Waals surface area contributed by atoms with Gasteiger partial charge in [0, 0.05) is 5.69 Å². The predicted molar refractivity (Wildman–Crippen MR) is 74.9 cm³/mol. The van der Waals surface area contributed by atoms with E-state index in [-0.39, 0.29) is 17.9 Å². The van der Waals surface area contributed by atoms with E-state index in [1.807, 2.05) is 0 Å². The highest BCUT2D eigenvalue weighted by Gasteiger charge is 2.31. The number of carbonyl (C=O) groups is 1. The maximum atomic E-state index is 12.6. The van der Waals surface area contributed by atoms with Gasteiger partial charge in [-0.2, -0.15) is 13.2 Å². The summed E-state index contributed by atoms with van der Waals surface area (Å²) in [5.41, 5.74) is 4.37. The lowest BCUT2D eigenvalue weighted by molar-refractivity contribution is -0.137. The van der Waals surface area contributed by atoms with Gasteiger partial charge in [-0.25, -0.2) is 4.79 Å². The maximum absolute atomic E-state index is 12.6. The molecule has 6 heteroatoms. The molecule has 0 spiro atoms. The molecule has 0 aliphatic rings. The van der Waals surface area contributed by atoms with E-state index < -0.39 is 17.7 Å². The van der Waals surface area contributed by atoms with Crippen LogP contribution in [-0.2, 0) is 10.9 Å². The van der Waals surface area contributed by atoms with Gasteiger partial charge in [0.25, 0.3) is 0 Å². The van der Waals surface area contributed by atoms with Crippen molar-refractivity contribution in [2.45, 2.75) is 45.2 Å². The first-order chi connectivity index (χ1) is 9.86. The first kappa shape index (κ1) is 17.3. The minimum Gasteiger partial charge on any atom is -0.462 e. The Kier molecular flexibility index (Phi) is 6.52. The molecule has 1 rings (SSSR count). The molecule has 0 aromatic heterocycles. The number of nitrogens with two attached hydrogens (primary N) is 1. The quantitative estimate of drug-likeness (QED) is 0.461. The number of ether oxygens (including phenoxy) is 1. The van der Waals surface area contributed by atoms with E-state index in [1.165, 1.54) is 0 Å². The molecule has 2 N–H and O–H groups in total.